The minimum Gasteiger partial charge on any atom is -0.342 e. The molecule has 3 rings (SSSR count). The molecule has 5 nitrogen and oxygen atoms in total. The van der Waals surface area contributed by atoms with Crippen LogP contribution in [0.15, 0.2) is 6.20 Å². The Morgan fingerprint density at radius 2 is 1.94 bits per heavy atom. The maximum atomic E-state index is 5.58. The maximum absolute atomic E-state index is 5.58. The second-order valence-electron chi connectivity index (χ2n) is 4.08. The first-order chi connectivity index (χ1) is 8.83. The Hall–Kier alpha value is -1.59. The van der Waals surface area contributed by atoms with Crippen LogP contribution in [0, 0.1) is 0 Å². The summed E-state index contributed by atoms with van der Waals surface area (Å²) in [6.45, 7) is 6.10. The molecule has 2 aromatic rings. The molecule has 0 bridgehead atoms. The Balaban J connectivity index is 0.000000576. The number of anilines is 1. The minimum absolute atomic E-state index is 0. The molecule has 1 fully saturated rings. The molecule has 0 unspecified atom stereocenters. The van der Waals surface area contributed by atoms with E-state index >= 15 is 0 Å². The van der Waals surface area contributed by atoms with Gasteiger partial charge in [-0.05, 0) is 19.3 Å². The first-order valence-electron chi connectivity index (χ1n) is 6.56. The van der Waals surface area contributed by atoms with Gasteiger partial charge in [-0.3, -0.25) is 0 Å². The lowest BCUT2D eigenvalue weighted by molar-refractivity contribution is 0.570. The second kappa shape index (κ2) is 5.84. The van der Waals surface area contributed by atoms with Gasteiger partial charge in [0.1, 0.15) is 7.85 Å². The number of nitrogens with zero attached hydrogens (tertiary/aromatic N) is 4. The molecular formula is C12H20BN5. The summed E-state index contributed by atoms with van der Waals surface area (Å²) in [4.78, 5) is 18.1. The van der Waals surface area contributed by atoms with Gasteiger partial charge < -0.3 is 9.88 Å². The van der Waals surface area contributed by atoms with Crippen LogP contribution in [-0.2, 0) is 0 Å². The highest BCUT2D eigenvalue weighted by Gasteiger charge is 2.15. The molecule has 0 amide bonds. The van der Waals surface area contributed by atoms with Crippen molar-refractivity contribution in [1.82, 2.24) is 19.9 Å². The summed E-state index contributed by atoms with van der Waals surface area (Å²) in [7, 11) is 5.58. The number of nitrogens with one attached hydrogen (secondary N) is 1. The zero-order valence-corrected chi connectivity index (χ0v) is 11.0. The van der Waals surface area contributed by atoms with Gasteiger partial charge in [-0.2, -0.15) is 4.98 Å². The predicted octanol–water partition coefficient (Wildman–Crippen LogP) is 1.41. The Morgan fingerprint density at radius 1 is 1.22 bits per heavy atom. The molecule has 1 aliphatic rings. The number of fused-ring (bicyclic) bond motifs is 1. The molecule has 1 aliphatic heterocycles. The third-order valence-electron chi connectivity index (χ3n) is 2.87. The highest BCUT2D eigenvalue weighted by molar-refractivity contribution is 6.30. The Bertz CT molecular complexity index is 510. The number of H-pyrrole nitrogens is 1. The number of hydrogen-bond acceptors (Lipinski definition) is 4. The van der Waals surface area contributed by atoms with Gasteiger partial charge in [-0.1, -0.05) is 13.8 Å². The molecule has 2 radical (unpaired) electrons. The number of aromatic nitrogens is 4. The number of aromatic amines is 1. The second-order valence-corrected chi connectivity index (χ2v) is 4.08. The van der Waals surface area contributed by atoms with Gasteiger partial charge in [-0.15, -0.1) is 0 Å². The van der Waals surface area contributed by atoms with E-state index in [1.807, 2.05) is 13.8 Å². The van der Waals surface area contributed by atoms with E-state index < -0.39 is 0 Å². The highest BCUT2D eigenvalue weighted by Crippen LogP contribution is 2.17. The van der Waals surface area contributed by atoms with Crippen LogP contribution in [-0.4, -0.2) is 40.9 Å². The van der Waals surface area contributed by atoms with Crippen molar-refractivity contribution in [2.45, 2.75) is 33.1 Å². The van der Waals surface area contributed by atoms with Crippen molar-refractivity contribution in [1.29, 1.82) is 0 Å². The lowest BCUT2D eigenvalue weighted by atomic mass is 10.1. The molecule has 18 heavy (non-hydrogen) atoms. The van der Waals surface area contributed by atoms with Crippen molar-refractivity contribution >= 4 is 30.7 Å². The van der Waals surface area contributed by atoms with E-state index in [1.165, 1.54) is 25.5 Å². The van der Waals surface area contributed by atoms with Crippen LogP contribution >= 0.6 is 0 Å². The van der Waals surface area contributed by atoms with Crippen LogP contribution in [0.1, 0.15) is 34.5 Å². The summed E-state index contributed by atoms with van der Waals surface area (Å²) in [5.41, 5.74) is 1.72. The Labute approximate surface area is 110 Å². The quantitative estimate of drug-likeness (QED) is 0.772. The van der Waals surface area contributed by atoms with Gasteiger partial charge in [0.2, 0.25) is 5.95 Å². The topological polar surface area (TPSA) is 57.7 Å². The van der Waals surface area contributed by atoms with Crippen molar-refractivity contribution in [2.75, 3.05) is 18.0 Å². The van der Waals surface area contributed by atoms with Crippen molar-refractivity contribution in [3.63, 3.8) is 0 Å². The fourth-order valence-electron chi connectivity index (χ4n) is 2.05. The third-order valence-corrected chi connectivity index (χ3v) is 2.87. The summed E-state index contributed by atoms with van der Waals surface area (Å²) in [6, 6.07) is 0. The van der Waals surface area contributed by atoms with Gasteiger partial charge in [0, 0.05) is 26.3 Å². The summed E-state index contributed by atoms with van der Waals surface area (Å²) < 4.78 is 0. The number of hydrogen-bond donors (Lipinski definition) is 1. The molecule has 2 aromatic heterocycles. The van der Waals surface area contributed by atoms with E-state index in [2.05, 4.69) is 24.8 Å². The lowest BCUT2D eigenvalue weighted by Gasteiger charge is -2.25. The van der Waals surface area contributed by atoms with E-state index in [0.29, 0.717) is 16.9 Å². The van der Waals surface area contributed by atoms with Crippen molar-refractivity contribution in [3.8, 4) is 0 Å². The average molecular weight is 245 g/mol. The summed E-state index contributed by atoms with van der Waals surface area (Å²) in [5, 5.41) is 0. The summed E-state index contributed by atoms with van der Waals surface area (Å²) >= 11 is 0. The van der Waals surface area contributed by atoms with Crippen LogP contribution in [0.2, 0.25) is 0 Å². The van der Waals surface area contributed by atoms with E-state index in [4.69, 9.17) is 7.85 Å². The number of imidazole rings is 1. The molecular weight excluding hydrogens is 225 g/mol. The van der Waals surface area contributed by atoms with Crippen LogP contribution < -0.4 is 10.5 Å². The molecule has 6 heteroatoms. The fraction of sp³-hybridized carbons (Fsp3) is 0.583. The van der Waals surface area contributed by atoms with Gasteiger partial charge in [0.05, 0.1) is 0 Å². The maximum Gasteiger partial charge on any atom is 0.206 e. The van der Waals surface area contributed by atoms with Crippen LogP contribution in [0.3, 0.4) is 0 Å². The van der Waals surface area contributed by atoms with Crippen LogP contribution in [0.4, 0.5) is 5.95 Å². The zero-order valence-electron chi connectivity index (χ0n) is 11.0. The van der Waals surface area contributed by atoms with E-state index in [1.54, 1.807) is 0 Å². The molecule has 3 heterocycles. The molecule has 0 spiro atoms. The van der Waals surface area contributed by atoms with E-state index in [9.17, 15) is 0 Å². The molecule has 0 saturated carbocycles. The molecule has 96 valence electrons. The fourth-order valence-corrected chi connectivity index (χ4v) is 2.05. The van der Waals surface area contributed by atoms with Gasteiger partial charge in [0.15, 0.2) is 11.3 Å². The summed E-state index contributed by atoms with van der Waals surface area (Å²) in [6.07, 6.45) is 5.28. The first kappa shape index (κ1) is 12.9. The summed E-state index contributed by atoms with van der Waals surface area (Å²) in [5.74, 6) is 0.861. The monoisotopic (exact) mass is 245 g/mol. The van der Waals surface area contributed by atoms with Crippen molar-refractivity contribution < 1.29 is 1.43 Å². The van der Waals surface area contributed by atoms with Crippen molar-refractivity contribution in [2.24, 2.45) is 0 Å². The molecule has 0 aliphatic carbocycles. The highest BCUT2D eigenvalue weighted by atomic mass is 15.3. The van der Waals surface area contributed by atoms with Crippen LogP contribution in [0.5, 0.6) is 0 Å². The average Bonchev–Trinajstić information content (AvgIpc) is 2.85. The van der Waals surface area contributed by atoms with E-state index in [-0.39, 0.29) is 1.43 Å². The third kappa shape index (κ3) is 2.63. The molecule has 0 aromatic carbocycles. The van der Waals surface area contributed by atoms with Gasteiger partial charge >= 0.3 is 0 Å². The predicted molar refractivity (Wildman–Crippen MR) is 76.6 cm³/mol. The first-order valence-corrected chi connectivity index (χ1v) is 6.56. The smallest absolute Gasteiger partial charge is 0.206 e. The largest absolute Gasteiger partial charge is 0.342 e. The standard InChI is InChI=1S/C10H12BN5.C2H6.H2/c11-7-6-12-8-9(13-7)15-10(14-8)16-4-2-1-3-5-16;1-2;/h6H,1-5H2,(H,12,13,14,15);1-2H3;1H. The van der Waals surface area contributed by atoms with Gasteiger partial charge in [-0.25, -0.2) is 9.97 Å². The lowest BCUT2D eigenvalue weighted by Crippen LogP contribution is -2.30. The van der Waals surface area contributed by atoms with Crippen LogP contribution in [0.25, 0.3) is 11.3 Å². The normalized spacial score (nSPS) is 15.3. The minimum atomic E-state index is 0. The Kier molecular flexibility index (Phi) is 4.17. The molecule has 1 N–H and O–H groups in total. The van der Waals surface area contributed by atoms with Gasteiger partial charge in [0.25, 0.3) is 0 Å². The molecule has 0 atom stereocenters. The zero-order chi connectivity index (χ0) is 13.0. The number of piperidine rings is 1. The SMILES string of the molecule is CC.[B]c1cnc2nc(N3CCCCC3)[nH]c2n1.[HH]. The molecule has 1 saturated heterocycles. The Morgan fingerprint density at radius 3 is 2.67 bits per heavy atom. The van der Waals surface area contributed by atoms with E-state index in [0.717, 1.165) is 19.0 Å². The van der Waals surface area contributed by atoms with Crippen molar-refractivity contribution in [3.05, 3.63) is 6.20 Å². The number of rotatable bonds is 1.